The fourth-order valence-corrected chi connectivity index (χ4v) is 1.07. The zero-order chi connectivity index (χ0) is 12.3. The molecule has 0 saturated carbocycles. The van der Waals surface area contributed by atoms with E-state index in [1.807, 2.05) is 13.8 Å². The molecule has 0 bridgehead atoms. The molecule has 16 heavy (non-hydrogen) atoms. The van der Waals surface area contributed by atoms with Gasteiger partial charge in [-0.05, 0) is 31.0 Å². The van der Waals surface area contributed by atoms with E-state index in [0.29, 0.717) is 5.69 Å². The van der Waals surface area contributed by atoms with Crippen LogP contribution < -0.4 is 5.73 Å². The summed E-state index contributed by atoms with van der Waals surface area (Å²) in [6, 6.07) is 3.84. The Hall–Kier alpha value is -1.58. The highest BCUT2D eigenvalue weighted by atomic mass is 19.1. The fraction of sp³-hybridized carbons (Fsp3) is 0.417. The van der Waals surface area contributed by atoms with Crippen LogP contribution in [0.4, 0.5) is 10.1 Å². The van der Waals surface area contributed by atoms with Gasteiger partial charge in [0.15, 0.2) is 0 Å². The molecule has 0 aromatic heterocycles. The number of hydrogen-bond donors (Lipinski definition) is 1. The van der Waals surface area contributed by atoms with Gasteiger partial charge in [0.05, 0.1) is 5.56 Å². The quantitative estimate of drug-likeness (QED) is 0.635. The summed E-state index contributed by atoms with van der Waals surface area (Å²) >= 11 is 0. The zero-order valence-electron chi connectivity index (χ0n) is 9.66. The summed E-state index contributed by atoms with van der Waals surface area (Å²) in [7, 11) is 0. The van der Waals surface area contributed by atoms with Gasteiger partial charge in [-0.3, -0.25) is 0 Å². The maximum atomic E-state index is 13.3. The van der Waals surface area contributed by atoms with Crippen molar-refractivity contribution in [2.24, 2.45) is 5.92 Å². The number of halogens is 1. The molecule has 0 aliphatic rings. The second-order valence-corrected chi connectivity index (χ2v) is 4.09. The van der Waals surface area contributed by atoms with E-state index in [4.69, 9.17) is 10.5 Å². The highest BCUT2D eigenvalue weighted by molar-refractivity contribution is 5.90. The lowest BCUT2D eigenvalue weighted by Crippen LogP contribution is -2.21. The molecular formula is C12H16FNO2. The molecule has 0 aliphatic carbocycles. The van der Waals surface area contributed by atoms with Gasteiger partial charge in [-0.2, -0.15) is 0 Å². The van der Waals surface area contributed by atoms with Crippen molar-refractivity contribution in [1.82, 2.24) is 0 Å². The van der Waals surface area contributed by atoms with Crippen molar-refractivity contribution >= 4 is 11.7 Å². The van der Waals surface area contributed by atoms with E-state index < -0.39 is 11.8 Å². The summed E-state index contributed by atoms with van der Waals surface area (Å²) in [5.41, 5.74) is 5.70. The first-order valence-electron chi connectivity index (χ1n) is 5.18. The Morgan fingerprint density at radius 3 is 2.56 bits per heavy atom. The Morgan fingerprint density at radius 2 is 2.00 bits per heavy atom. The second kappa shape index (κ2) is 4.96. The molecule has 1 unspecified atom stereocenters. The van der Waals surface area contributed by atoms with Crippen LogP contribution in [-0.4, -0.2) is 12.1 Å². The van der Waals surface area contributed by atoms with Crippen LogP contribution in [0.1, 0.15) is 31.1 Å². The van der Waals surface area contributed by atoms with Gasteiger partial charge in [-0.25, -0.2) is 9.18 Å². The van der Waals surface area contributed by atoms with Crippen LogP contribution in [-0.2, 0) is 4.74 Å². The van der Waals surface area contributed by atoms with E-state index in [-0.39, 0.29) is 17.6 Å². The predicted octanol–water partition coefficient (Wildman–Crippen LogP) is 2.61. The van der Waals surface area contributed by atoms with Crippen LogP contribution in [0.15, 0.2) is 18.2 Å². The SMILES string of the molecule is CC(C)C(C)OC(=O)c1cc(N)ccc1F. The van der Waals surface area contributed by atoms with Crippen molar-refractivity contribution < 1.29 is 13.9 Å². The summed E-state index contributed by atoms with van der Waals surface area (Å²) in [4.78, 5) is 11.6. The minimum Gasteiger partial charge on any atom is -0.459 e. The third-order valence-corrected chi connectivity index (χ3v) is 2.44. The smallest absolute Gasteiger partial charge is 0.341 e. The van der Waals surface area contributed by atoms with Crippen molar-refractivity contribution in [3.63, 3.8) is 0 Å². The molecule has 1 aromatic carbocycles. The molecule has 0 spiro atoms. The number of benzene rings is 1. The summed E-state index contributed by atoms with van der Waals surface area (Å²) in [5.74, 6) is -1.10. The second-order valence-electron chi connectivity index (χ2n) is 4.09. The van der Waals surface area contributed by atoms with E-state index >= 15 is 0 Å². The van der Waals surface area contributed by atoms with Crippen molar-refractivity contribution in [2.45, 2.75) is 26.9 Å². The number of esters is 1. The summed E-state index contributed by atoms with van der Waals surface area (Å²) in [6.07, 6.45) is -0.256. The Labute approximate surface area is 94.4 Å². The van der Waals surface area contributed by atoms with Gasteiger partial charge in [0.25, 0.3) is 0 Å². The van der Waals surface area contributed by atoms with E-state index in [1.54, 1.807) is 6.92 Å². The van der Waals surface area contributed by atoms with E-state index in [1.165, 1.54) is 12.1 Å². The predicted molar refractivity (Wildman–Crippen MR) is 60.5 cm³/mol. The van der Waals surface area contributed by atoms with Crippen LogP contribution >= 0.6 is 0 Å². The van der Waals surface area contributed by atoms with Gasteiger partial charge < -0.3 is 10.5 Å². The normalized spacial score (nSPS) is 12.6. The Balaban J connectivity index is 2.84. The number of anilines is 1. The van der Waals surface area contributed by atoms with Crippen LogP contribution in [0, 0.1) is 11.7 Å². The molecule has 0 saturated heterocycles. The van der Waals surface area contributed by atoms with Crippen LogP contribution in [0.2, 0.25) is 0 Å². The summed E-state index contributed by atoms with van der Waals surface area (Å²) in [5, 5.41) is 0. The van der Waals surface area contributed by atoms with Crippen LogP contribution in [0.25, 0.3) is 0 Å². The summed E-state index contributed by atoms with van der Waals surface area (Å²) in [6.45, 7) is 5.62. The first-order valence-corrected chi connectivity index (χ1v) is 5.18. The van der Waals surface area contributed by atoms with Gasteiger partial charge in [0.2, 0.25) is 0 Å². The van der Waals surface area contributed by atoms with Gasteiger partial charge in [-0.15, -0.1) is 0 Å². The lowest BCUT2D eigenvalue weighted by molar-refractivity contribution is 0.0233. The van der Waals surface area contributed by atoms with Crippen molar-refractivity contribution in [1.29, 1.82) is 0 Å². The first kappa shape index (κ1) is 12.5. The summed E-state index contributed by atoms with van der Waals surface area (Å²) < 4.78 is 18.4. The Bertz CT molecular complexity index is 391. The van der Waals surface area contributed by atoms with Gasteiger partial charge in [0.1, 0.15) is 11.9 Å². The van der Waals surface area contributed by atoms with Crippen LogP contribution in [0.5, 0.6) is 0 Å². The maximum absolute atomic E-state index is 13.3. The third-order valence-electron chi connectivity index (χ3n) is 2.44. The van der Waals surface area contributed by atoms with Crippen molar-refractivity contribution in [2.75, 3.05) is 5.73 Å². The fourth-order valence-electron chi connectivity index (χ4n) is 1.07. The average molecular weight is 225 g/mol. The molecule has 0 aliphatic heterocycles. The van der Waals surface area contributed by atoms with E-state index in [2.05, 4.69) is 0 Å². The average Bonchev–Trinajstić information content (AvgIpc) is 2.21. The standard InChI is InChI=1S/C12H16FNO2/c1-7(2)8(3)16-12(15)10-6-9(14)4-5-11(10)13/h4-8H,14H2,1-3H3. The molecule has 1 atom stereocenters. The molecule has 1 rings (SSSR count). The molecule has 1 aromatic rings. The molecule has 4 heteroatoms. The Morgan fingerprint density at radius 1 is 1.38 bits per heavy atom. The lowest BCUT2D eigenvalue weighted by atomic mass is 10.1. The highest BCUT2D eigenvalue weighted by Crippen LogP contribution is 2.15. The first-order chi connectivity index (χ1) is 7.41. The number of hydrogen-bond acceptors (Lipinski definition) is 3. The number of nitrogens with two attached hydrogens (primary N) is 1. The molecule has 0 amide bonds. The molecule has 88 valence electrons. The maximum Gasteiger partial charge on any atom is 0.341 e. The topological polar surface area (TPSA) is 52.3 Å². The molecule has 0 fully saturated rings. The Kier molecular flexibility index (Phi) is 3.88. The monoisotopic (exact) mass is 225 g/mol. The van der Waals surface area contributed by atoms with Crippen molar-refractivity contribution in [3.8, 4) is 0 Å². The molecule has 0 heterocycles. The number of rotatable bonds is 3. The van der Waals surface area contributed by atoms with E-state index in [9.17, 15) is 9.18 Å². The van der Waals surface area contributed by atoms with Crippen molar-refractivity contribution in [3.05, 3.63) is 29.6 Å². The lowest BCUT2D eigenvalue weighted by Gasteiger charge is -2.16. The third kappa shape index (κ3) is 2.95. The van der Waals surface area contributed by atoms with Gasteiger partial charge in [0, 0.05) is 5.69 Å². The van der Waals surface area contributed by atoms with Crippen LogP contribution in [0.3, 0.4) is 0 Å². The number of nitrogen functional groups attached to an aromatic ring is 1. The highest BCUT2D eigenvalue weighted by Gasteiger charge is 2.18. The number of carbonyl (C=O) groups is 1. The molecule has 2 N–H and O–H groups in total. The van der Waals surface area contributed by atoms with E-state index in [0.717, 1.165) is 6.07 Å². The minimum absolute atomic E-state index is 0.118. The largest absolute Gasteiger partial charge is 0.459 e. The zero-order valence-corrected chi connectivity index (χ0v) is 9.66. The number of ether oxygens (including phenoxy) is 1. The van der Waals surface area contributed by atoms with Gasteiger partial charge in [-0.1, -0.05) is 13.8 Å². The molecular weight excluding hydrogens is 209 g/mol. The number of carbonyl (C=O) groups excluding carboxylic acids is 1. The van der Waals surface area contributed by atoms with Gasteiger partial charge >= 0.3 is 5.97 Å². The molecule has 0 radical (unpaired) electrons. The molecule has 3 nitrogen and oxygen atoms in total. The minimum atomic E-state index is -0.675.